The van der Waals surface area contributed by atoms with Crippen molar-refractivity contribution in [3.8, 4) is 5.69 Å². The molecule has 0 bridgehead atoms. The highest BCUT2D eigenvalue weighted by Gasteiger charge is 2.53. The van der Waals surface area contributed by atoms with Crippen LogP contribution < -0.4 is 0 Å². The van der Waals surface area contributed by atoms with E-state index in [1.54, 1.807) is 52.0 Å². The first-order valence-corrected chi connectivity index (χ1v) is 15.5. The third-order valence-corrected chi connectivity index (χ3v) is 9.59. The number of ether oxygens (including phenoxy) is 2. The number of benzene rings is 1. The van der Waals surface area contributed by atoms with Crippen molar-refractivity contribution in [3.05, 3.63) is 52.9 Å². The Morgan fingerprint density at radius 3 is 2.38 bits per heavy atom. The van der Waals surface area contributed by atoms with E-state index in [9.17, 15) is 33.0 Å². The summed E-state index contributed by atoms with van der Waals surface area (Å²) in [6.07, 6.45) is -4.80. The van der Waals surface area contributed by atoms with Crippen LogP contribution in [0.25, 0.3) is 11.8 Å². The van der Waals surface area contributed by atoms with Crippen LogP contribution in [-0.4, -0.2) is 61.8 Å². The van der Waals surface area contributed by atoms with E-state index in [2.05, 4.69) is 5.10 Å². The monoisotopic (exact) mass is 634 g/mol. The van der Waals surface area contributed by atoms with E-state index in [4.69, 9.17) is 9.47 Å². The zero-order chi connectivity index (χ0) is 33.5. The van der Waals surface area contributed by atoms with Gasteiger partial charge in [0.05, 0.1) is 47.1 Å². The van der Waals surface area contributed by atoms with Crippen LogP contribution >= 0.6 is 0 Å². The molecule has 8 nitrogen and oxygen atoms in total. The van der Waals surface area contributed by atoms with Crippen LogP contribution in [0.4, 0.5) is 13.2 Å². The molecule has 0 radical (unpaired) electrons. The van der Waals surface area contributed by atoms with Crippen LogP contribution in [0.5, 0.6) is 0 Å². The van der Waals surface area contributed by atoms with Gasteiger partial charge in [-0.25, -0.2) is 4.68 Å². The lowest BCUT2D eigenvalue weighted by Gasteiger charge is -2.34. The summed E-state index contributed by atoms with van der Waals surface area (Å²) in [5.74, 6) is -2.05. The Morgan fingerprint density at radius 2 is 1.76 bits per heavy atom. The number of Topliss-reactive ketones (excluding diaryl/α,β-unsaturated/α-hetero) is 1. The molecule has 3 heterocycles. The van der Waals surface area contributed by atoms with Gasteiger partial charge in [-0.1, -0.05) is 51.8 Å². The molecule has 2 fully saturated rings. The second-order valence-corrected chi connectivity index (χ2v) is 13.7. The summed E-state index contributed by atoms with van der Waals surface area (Å²) in [4.78, 5) is 26.5. The van der Waals surface area contributed by atoms with Crippen molar-refractivity contribution < 1.29 is 42.4 Å². The van der Waals surface area contributed by atoms with E-state index in [0.29, 0.717) is 18.4 Å². The predicted octanol–water partition coefficient (Wildman–Crippen LogP) is 6.23. The highest BCUT2D eigenvalue weighted by molar-refractivity contribution is 5.88. The molecule has 2 aliphatic heterocycles. The van der Waals surface area contributed by atoms with E-state index in [1.165, 1.54) is 6.08 Å². The van der Waals surface area contributed by atoms with Gasteiger partial charge in [0, 0.05) is 12.3 Å². The number of carbonyl (C=O) groups is 2. The molecule has 1 aromatic heterocycles. The van der Waals surface area contributed by atoms with Crippen molar-refractivity contribution in [2.75, 3.05) is 0 Å². The lowest BCUT2D eigenvalue weighted by atomic mass is 9.73. The molecule has 0 unspecified atom stereocenters. The number of cyclic esters (lactones) is 1. The number of carbonyl (C=O) groups excluding carboxylic acids is 2. The first-order valence-electron chi connectivity index (χ1n) is 15.5. The quantitative estimate of drug-likeness (QED) is 0.304. The van der Waals surface area contributed by atoms with Gasteiger partial charge in [-0.15, -0.1) is 0 Å². The molecule has 2 N–H and O–H groups in total. The number of fused-ring (bicyclic) bond motifs is 1. The van der Waals surface area contributed by atoms with Gasteiger partial charge in [-0.05, 0) is 69.4 Å². The van der Waals surface area contributed by atoms with E-state index in [-0.39, 0.29) is 35.6 Å². The number of alkyl halides is 3. The maximum absolute atomic E-state index is 14.0. The lowest BCUT2D eigenvalue weighted by Crippen LogP contribution is -2.45. The number of halogens is 3. The molecule has 0 amide bonds. The van der Waals surface area contributed by atoms with E-state index >= 15 is 0 Å². The highest BCUT2D eigenvalue weighted by Crippen LogP contribution is 2.45. The number of rotatable bonds is 3. The molecule has 2 saturated heterocycles. The van der Waals surface area contributed by atoms with Crippen LogP contribution in [0.1, 0.15) is 90.6 Å². The Kier molecular flexibility index (Phi) is 10.1. The van der Waals surface area contributed by atoms with Gasteiger partial charge in [-0.3, -0.25) is 9.59 Å². The maximum Gasteiger partial charge on any atom is 0.433 e. The predicted molar refractivity (Wildman–Crippen MR) is 162 cm³/mol. The molecular weight excluding hydrogens is 589 g/mol. The number of aliphatic hydroxyl groups is 2. The number of hydrogen-bond donors (Lipinski definition) is 2. The van der Waals surface area contributed by atoms with Crippen molar-refractivity contribution in [1.29, 1.82) is 0 Å². The molecule has 2 aliphatic rings. The summed E-state index contributed by atoms with van der Waals surface area (Å²) < 4.78 is 54.7. The third kappa shape index (κ3) is 7.86. The molecular formula is C34H45F3N2O6. The molecule has 248 valence electrons. The molecule has 11 heteroatoms. The summed E-state index contributed by atoms with van der Waals surface area (Å²) in [7, 11) is 0. The second-order valence-electron chi connectivity index (χ2n) is 13.7. The van der Waals surface area contributed by atoms with Gasteiger partial charge in [0.1, 0.15) is 17.6 Å². The van der Waals surface area contributed by atoms with Crippen LogP contribution in [-0.2, 0) is 25.2 Å². The summed E-state index contributed by atoms with van der Waals surface area (Å²) in [5, 5.41) is 26.1. The Morgan fingerprint density at radius 1 is 1.11 bits per heavy atom. The normalized spacial score (nSPS) is 32.1. The lowest BCUT2D eigenvalue weighted by molar-refractivity contribution is -0.154. The molecule has 2 aromatic rings. The maximum atomic E-state index is 14.0. The number of aromatic nitrogens is 2. The van der Waals surface area contributed by atoms with E-state index in [1.807, 2.05) is 20.8 Å². The number of aryl methyl sites for hydroxylation is 1. The van der Waals surface area contributed by atoms with Crippen molar-refractivity contribution in [1.82, 2.24) is 9.78 Å². The number of esters is 1. The fourth-order valence-corrected chi connectivity index (χ4v) is 6.18. The van der Waals surface area contributed by atoms with Gasteiger partial charge in [0.2, 0.25) is 0 Å². The zero-order valence-electron chi connectivity index (χ0n) is 27.0. The van der Waals surface area contributed by atoms with Crippen molar-refractivity contribution in [2.45, 2.75) is 117 Å². The van der Waals surface area contributed by atoms with E-state index < -0.39 is 59.5 Å². The van der Waals surface area contributed by atoms with Gasteiger partial charge in [0.15, 0.2) is 0 Å². The minimum Gasteiger partial charge on any atom is -0.458 e. The fraction of sp³-hybridized carbons (Fsp3) is 0.618. The van der Waals surface area contributed by atoms with Crippen LogP contribution in [0.3, 0.4) is 0 Å². The smallest absolute Gasteiger partial charge is 0.433 e. The molecule has 0 spiro atoms. The second kappa shape index (κ2) is 13.0. The zero-order valence-corrected chi connectivity index (χ0v) is 27.0. The number of hydrogen-bond acceptors (Lipinski definition) is 7. The SMILES string of the molecule is C/C(=C\c1cc(C(F)(F)F)n(-c2ccc(C)cc2)n1)[C@@H]1C[C@@H]2O[C@]2(C)CCC[C@H](C)[C@H](O)[C@@H](C)C(=O)C(C)(C)[C@@H](O)CC(=O)O1. The minimum atomic E-state index is -4.67. The Balaban J connectivity index is 1.65. The summed E-state index contributed by atoms with van der Waals surface area (Å²) >= 11 is 0. The Hall–Kier alpha value is -3.02. The van der Waals surface area contributed by atoms with Crippen molar-refractivity contribution in [3.63, 3.8) is 0 Å². The molecule has 0 saturated carbocycles. The topological polar surface area (TPSA) is 114 Å². The number of aliphatic hydroxyl groups excluding tert-OH is 2. The molecule has 7 atom stereocenters. The number of nitrogens with zero attached hydrogens (tertiary/aromatic N) is 2. The summed E-state index contributed by atoms with van der Waals surface area (Å²) in [6, 6.07) is 7.48. The average molecular weight is 635 g/mol. The third-order valence-electron chi connectivity index (χ3n) is 9.59. The minimum absolute atomic E-state index is 0.0383. The van der Waals surface area contributed by atoms with Crippen molar-refractivity contribution in [2.24, 2.45) is 17.3 Å². The highest BCUT2D eigenvalue weighted by atomic mass is 19.4. The molecule has 1 aromatic carbocycles. The first-order chi connectivity index (χ1) is 20.8. The van der Waals surface area contributed by atoms with Gasteiger partial charge < -0.3 is 19.7 Å². The van der Waals surface area contributed by atoms with Gasteiger partial charge in [0.25, 0.3) is 0 Å². The Labute approximate surface area is 262 Å². The van der Waals surface area contributed by atoms with Crippen LogP contribution in [0, 0.1) is 24.2 Å². The summed E-state index contributed by atoms with van der Waals surface area (Å²) in [5.41, 5.74) is -1.13. The fourth-order valence-electron chi connectivity index (χ4n) is 6.18. The molecule has 0 aliphatic carbocycles. The number of epoxide rings is 1. The van der Waals surface area contributed by atoms with Gasteiger partial charge >= 0.3 is 12.1 Å². The summed E-state index contributed by atoms with van der Waals surface area (Å²) in [6.45, 7) is 12.1. The average Bonchev–Trinajstić information content (AvgIpc) is 3.38. The molecule has 4 rings (SSSR count). The molecule has 45 heavy (non-hydrogen) atoms. The van der Waals surface area contributed by atoms with Crippen LogP contribution in [0.15, 0.2) is 35.9 Å². The van der Waals surface area contributed by atoms with E-state index in [0.717, 1.165) is 22.7 Å². The first kappa shape index (κ1) is 34.8. The van der Waals surface area contributed by atoms with Crippen LogP contribution in [0.2, 0.25) is 0 Å². The van der Waals surface area contributed by atoms with Gasteiger partial charge in [-0.2, -0.15) is 18.3 Å². The largest absolute Gasteiger partial charge is 0.458 e. The standard InChI is InChI=1S/C34H45F3N2O6/c1-19-10-12-24(13-11-19)39-26(34(35,36)37)16-23(38-39)15-21(3)25-17-28-33(7,45-28)14-8-9-20(2)30(42)22(4)31(43)32(5,6)27(40)18-29(41)44-25/h10-13,15-16,20,22,25,27-28,30,40,42H,8-9,14,17-18H2,1-7H3/b21-15+/t20-,22+,25-,27-,28-,30-,33+/m0/s1. The number of ketones is 1. The van der Waals surface area contributed by atoms with Crippen molar-refractivity contribution >= 4 is 17.8 Å². The Bertz CT molecular complexity index is 1420.